The average molecular weight is 727 g/mol. The van der Waals surface area contributed by atoms with Gasteiger partial charge in [-0.3, -0.25) is 4.79 Å². The zero-order valence-electron chi connectivity index (χ0n) is 29.7. The molecule has 2 N–H and O–H groups in total. The molecule has 266 valence electrons. The van der Waals surface area contributed by atoms with Crippen LogP contribution in [-0.2, 0) is 9.59 Å². The van der Waals surface area contributed by atoms with Gasteiger partial charge in [0, 0.05) is 32.9 Å². The lowest BCUT2D eigenvalue weighted by molar-refractivity contribution is -0.133. The van der Waals surface area contributed by atoms with E-state index in [1.165, 1.54) is 12.2 Å². The van der Waals surface area contributed by atoms with E-state index in [1.807, 2.05) is 36.4 Å². The van der Waals surface area contributed by atoms with Gasteiger partial charge in [-0.2, -0.15) is 5.26 Å². The van der Waals surface area contributed by atoms with Crippen molar-refractivity contribution in [2.45, 2.75) is 0 Å². The standard InChI is InChI=1S/C48H30N4O4/c1-50-42(48(55)56)13-7-9-32-17-27-46-41(29-32)39-12-3-5-15-44(39)52(46)37-24-20-34(21-25-37)33-18-22-36(23-19-33)51-43-14-4-2-11-38(43)40-28-31(16-26-45(40)51)8-6-10-35(30-49)47(53)54/h2-29H,(H,53,54)(H,55,56)/b8-6+,9-7+,35-10+,42-13-. The van der Waals surface area contributed by atoms with Crippen LogP contribution >= 0.6 is 0 Å². The minimum Gasteiger partial charge on any atom is -0.486 e. The molecular formula is C48H30N4O4. The van der Waals surface area contributed by atoms with Gasteiger partial charge in [0.05, 0.1) is 28.6 Å². The summed E-state index contributed by atoms with van der Waals surface area (Å²) in [5.41, 5.74) is 9.54. The highest BCUT2D eigenvalue weighted by atomic mass is 16.4. The van der Waals surface area contributed by atoms with Crippen molar-refractivity contribution in [3.63, 3.8) is 0 Å². The number of rotatable bonds is 9. The Morgan fingerprint density at radius 2 is 1.02 bits per heavy atom. The normalized spacial score (nSPS) is 12.2. The molecule has 0 saturated heterocycles. The van der Waals surface area contributed by atoms with Gasteiger partial charge in [-0.05, 0) is 95.1 Å². The summed E-state index contributed by atoms with van der Waals surface area (Å²) in [6, 6.07) is 47.5. The van der Waals surface area contributed by atoms with Gasteiger partial charge in [0.1, 0.15) is 11.6 Å². The Balaban J connectivity index is 1.10. The number of fused-ring (bicyclic) bond motifs is 6. The van der Waals surface area contributed by atoms with Gasteiger partial charge in [0.25, 0.3) is 5.70 Å². The Kier molecular flexibility index (Phi) is 9.13. The molecule has 0 saturated carbocycles. The van der Waals surface area contributed by atoms with Crippen LogP contribution in [0.5, 0.6) is 0 Å². The zero-order chi connectivity index (χ0) is 38.8. The predicted molar refractivity (Wildman–Crippen MR) is 222 cm³/mol. The van der Waals surface area contributed by atoms with Gasteiger partial charge in [0.2, 0.25) is 0 Å². The molecular weight excluding hydrogens is 697 g/mol. The fraction of sp³-hybridized carbons (Fsp3) is 0. The maximum absolute atomic E-state index is 11.2. The van der Waals surface area contributed by atoms with E-state index in [1.54, 1.807) is 30.4 Å². The first-order valence-electron chi connectivity index (χ1n) is 17.6. The number of aliphatic carboxylic acids is 2. The molecule has 8 aromatic rings. The van der Waals surface area contributed by atoms with Crippen LogP contribution in [0.4, 0.5) is 0 Å². The third-order valence-corrected chi connectivity index (χ3v) is 9.76. The van der Waals surface area contributed by atoms with E-state index >= 15 is 0 Å². The van der Waals surface area contributed by atoms with Gasteiger partial charge in [-0.1, -0.05) is 97.1 Å². The maximum atomic E-state index is 11.2. The third-order valence-electron chi connectivity index (χ3n) is 9.76. The zero-order valence-corrected chi connectivity index (χ0v) is 29.7. The van der Waals surface area contributed by atoms with Crippen molar-refractivity contribution in [2.24, 2.45) is 0 Å². The molecule has 8 rings (SSSR count). The van der Waals surface area contributed by atoms with E-state index in [9.17, 15) is 9.59 Å². The highest BCUT2D eigenvalue weighted by molar-refractivity contribution is 6.11. The summed E-state index contributed by atoms with van der Waals surface area (Å²) in [4.78, 5) is 25.4. The quantitative estimate of drug-likeness (QED) is 0.0665. The largest absolute Gasteiger partial charge is 0.486 e. The van der Waals surface area contributed by atoms with E-state index < -0.39 is 11.9 Å². The number of allylic oxidation sites excluding steroid dienone is 4. The number of aromatic nitrogens is 2. The Hall–Kier alpha value is -8.20. The van der Waals surface area contributed by atoms with Crippen LogP contribution in [0.15, 0.2) is 169 Å². The summed E-state index contributed by atoms with van der Waals surface area (Å²) < 4.78 is 4.48. The van der Waals surface area contributed by atoms with Gasteiger partial charge >= 0.3 is 11.9 Å². The van der Waals surface area contributed by atoms with E-state index in [2.05, 4.69) is 111 Å². The van der Waals surface area contributed by atoms with Crippen LogP contribution < -0.4 is 0 Å². The monoisotopic (exact) mass is 726 g/mol. The number of nitriles is 1. The summed E-state index contributed by atoms with van der Waals surface area (Å²) in [5, 5.41) is 31.7. The number of hydrogen-bond donors (Lipinski definition) is 2. The Morgan fingerprint density at radius 1 is 0.571 bits per heavy atom. The minimum absolute atomic E-state index is 0.324. The van der Waals surface area contributed by atoms with Crippen molar-refractivity contribution < 1.29 is 19.8 Å². The second-order valence-electron chi connectivity index (χ2n) is 13.0. The van der Waals surface area contributed by atoms with Crippen LogP contribution in [-0.4, -0.2) is 31.3 Å². The van der Waals surface area contributed by atoms with Crippen LogP contribution in [0.2, 0.25) is 0 Å². The van der Waals surface area contributed by atoms with Crippen LogP contribution in [0.3, 0.4) is 0 Å². The molecule has 2 heterocycles. The molecule has 0 bridgehead atoms. The first-order valence-corrected chi connectivity index (χ1v) is 17.6. The highest BCUT2D eigenvalue weighted by Gasteiger charge is 2.15. The molecule has 8 heteroatoms. The summed E-state index contributed by atoms with van der Waals surface area (Å²) in [7, 11) is 0. The molecule has 0 aliphatic heterocycles. The first-order chi connectivity index (χ1) is 27.3. The van der Waals surface area contributed by atoms with Gasteiger partial charge in [-0.25, -0.2) is 9.64 Å². The van der Waals surface area contributed by atoms with Crippen molar-refractivity contribution in [3.8, 4) is 28.6 Å². The first kappa shape index (κ1) is 34.9. The Bertz CT molecular complexity index is 2880. The minimum atomic E-state index is -1.26. The fourth-order valence-electron chi connectivity index (χ4n) is 7.17. The van der Waals surface area contributed by atoms with Crippen molar-refractivity contribution >= 4 is 67.7 Å². The molecule has 0 atom stereocenters. The number of benzene rings is 6. The van der Waals surface area contributed by atoms with Crippen molar-refractivity contribution in [2.75, 3.05) is 0 Å². The lowest BCUT2D eigenvalue weighted by Gasteiger charge is -2.11. The summed E-state index contributed by atoms with van der Waals surface area (Å²) in [6.45, 7) is 7.06. The topological polar surface area (TPSA) is 113 Å². The predicted octanol–water partition coefficient (Wildman–Crippen LogP) is 11.0. The molecule has 0 spiro atoms. The number of para-hydroxylation sites is 2. The lowest BCUT2D eigenvalue weighted by Crippen LogP contribution is -1.96. The number of carboxylic acids is 2. The van der Waals surface area contributed by atoms with E-state index in [-0.39, 0.29) is 11.3 Å². The average Bonchev–Trinajstić information content (AvgIpc) is 3.73. The lowest BCUT2D eigenvalue weighted by atomic mass is 10.0. The van der Waals surface area contributed by atoms with Gasteiger partial charge < -0.3 is 19.3 Å². The molecule has 0 fully saturated rings. The molecule has 6 aromatic carbocycles. The maximum Gasteiger partial charge on any atom is 0.346 e. The number of nitrogens with zero attached hydrogens (tertiary/aromatic N) is 4. The van der Waals surface area contributed by atoms with Crippen LogP contribution in [0.1, 0.15) is 11.1 Å². The number of carbonyl (C=O) groups is 2. The van der Waals surface area contributed by atoms with Crippen molar-refractivity contribution in [1.82, 2.24) is 9.13 Å². The highest BCUT2D eigenvalue weighted by Crippen LogP contribution is 2.36. The molecule has 8 nitrogen and oxygen atoms in total. The Morgan fingerprint density at radius 3 is 1.45 bits per heavy atom. The van der Waals surface area contributed by atoms with E-state index in [0.29, 0.717) is 0 Å². The molecule has 0 radical (unpaired) electrons. The molecule has 2 aromatic heterocycles. The summed E-state index contributed by atoms with van der Waals surface area (Å²) in [6.07, 6.45) is 9.37. The van der Waals surface area contributed by atoms with Gasteiger partial charge in [0.15, 0.2) is 0 Å². The Labute approximate surface area is 321 Å². The number of hydrogen-bond acceptors (Lipinski definition) is 3. The van der Waals surface area contributed by atoms with Crippen LogP contribution in [0.25, 0.3) is 83.1 Å². The molecule has 0 aliphatic rings. The van der Waals surface area contributed by atoms with Crippen molar-refractivity contribution in [3.05, 3.63) is 192 Å². The second kappa shape index (κ2) is 14.7. The molecule has 0 amide bonds. The molecule has 0 aliphatic carbocycles. The van der Waals surface area contributed by atoms with Crippen LogP contribution in [0, 0.1) is 17.9 Å². The van der Waals surface area contributed by atoms with E-state index in [0.717, 1.165) is 77.2 Å². The van der Waals surface area contributed by atoms with Crippen molar-refractivity contribution in [1.29, 1.82) is 5.26 Å². The number of carboxylic acid groups (broad SMARTS) is 2. The third kappa shape index (κ3) is 6.40. The van der Waals surface area contributed by atoms with E-state index in [4.69, 9.17) is 22.0 Å². The smallest absolute Gasteiger partial charge is 0.346 e. The summed E-state index contributed by atoms with van der Waals surface area (Å²) in [5.74, 6) is -2.51. The molecule has 0 unspecified atom stereocenters. The fourth-order valence-corrected chi connectivity index (χ4v) is 7.17. The molecule has 56 heavy (non-hydrogen) atoms. The SMILES string of the molecule is [C-]#[N+]/C(=C\C=C\c1ccc2c(c1)c1ccccc1n2-c1ccc(-c2ccc(-n3c4ccccc4c4cc(/C=C/C=C(\C#N)C(=O)O)ccc43)cc2)cc1)C(=O)O. The summed E-state index contributed by atoms with van der Waals surface area (Å²) >= 11 is 0. The second-order valence-corrected chi connectivity index (χ2v) is 13.0. The van der Waals surface area contributed by atoms with Gasteiger partial charge in [-0.15, -0.1) is 0 Å².